The molecular weight excluding hydrogens is 398 g/mol. The van der Waals surface area contributed by atoms with E-state index in [1.165, 1.54) is 5.56 Å². The van der Waals surface area contributed by atoms with E-state index in [4.69, 9.17) is 5.73 Å². The fourth-order valence-corrected chi connectivity index (χ4v) is 3.98. The van der Waals surface area contributed by atoms with Crippen LogP contribution >= 0.6 is 12.4 Å². The van der Waals surface area contributed by atoms with E-state index in [-0.39, 0.29) is 24.4 Å². The summed E-state index contributed by atoms with van der Waals surface area (Å²) < 4.78 is 1.73. The number of rotatable bonds is 4. The molecule has 1 aromatic heterocycles. The van der Waals surface area contributed by atoms with Crippen LogP contribution in [0.2, 0.25) is 0 Å². The largest absolute Gasteiger partial charge is 0.337 e. The van der Waals surface area contributed by atoms with Crippen molar-refractivity contribution in [3.63, 3.8) is 0 Å². The van der Waals surface area contributed by atoms with Crippen molar-refractivity contribution < 1.29 is 4.79 Å². The second-order valence-corrected chi connectivity index (χ2v) is 7.84. The van der Waals surface area contributed by atoms with Gasteiger partial charge in [0.25, 0.3) is 5.91 Å². The molecule has 30 heavy (non-hydrogen) atoms. The van der Waals surface area contributed by atoms with Crippen molar-refractivity contribution in [1.29, 1.82) is 0 Å². The molecule has 6 nitrogen and oxygen atoms in total. The Kier molecular flexibility index (Phi) is 6.90. The Morgan fingerprint density at radius 3 is 2.23 bits per heavy atom. The zero-order valence-electron chi connectivity index (χ0n) is 17.4. The van der Waals surface area contributed by atoms with Gasteiger partial charge in [0.1, 0.15) is 0 Å². The highest BCUT2D eigenvalue weighted by Crippen LogP contribution is 2.23. The molecule has 1 aliphatic heterocycles. The average molecular weight is 426 g/mol. The molecule has 1 saturated heterocycles. The topological polar surface area (TPSA) is 77.0 Å². The summed E-state index contributed by atoms with van der Waals surface area (Å²) in [4.78, 5) is 14.8. The van der Waals surface area contributed by atoms with Gasteiger partial charge >= 0.3 is 0 Å². The van der Waals surface area contributed by atoms with Crippen LogP contribution in [0.3, 0.4) is 0 Å². The molecular formula is C23H28ClN5O. The second-order valence-electron chi connectivity index (χ2n) is 7.84. The highest BCUT2D eigenvalue weighted by atomic mass is 35.5. The molecule has 2 aromatic carbocycles. The van der Waals surface area contributed by atoms with Crippen LogP contribution in [0.1, 0.15) is 35.9 Å². The van der Waals surface area contributed by atoms with Crippen LogP contribution in [0.5, 0.6) is 0 Å². The number of benzene rings is 2. The Hall–Kier alpha value is -2.70. The van der Waals surface area contributed by atoms with Crippen molar-refractivity contribution in [2.75, 3.05) is 13.1 Å². The molecule has 0 saturated carbocycles. The van der Waals surface area contributed by atoms with Crippen LogP contribution in [0.25, 0.3) is 16.8 Å². The zero-order valence-corrected chi connectivity index (χ0v) is 18.2. The molecule has 0 bridgehead atoms. The highest BCUT2D eigenvalue weighted by Gasteiger charge is 2.28. The third-order valence-electron chi connectivity index (χ3n) is 5.89. The predicted molar refractivity (Wildman–Crippen MR) is 121 cm³/mol. The first-order valence-corrected chi connectivity index (χ1v) is 10.2. The fraction of sp³-hybridized carbons (Fsp3) is 0.348. The smallest absolute Gasteiger partial charge is 0.276 e. The number of hydrogen-bond donors (Lipinski definition) is 1. The van der Waals surface area contributed by atoms with Gasteiger partial charge in [-0.2, -0.15) is 0 Å². The molecule has 2 heterocycles. The highest BCUT2D eigenvalue weighted by molar-refractivity contribution is 5.93. The Morgan fingerprint density at radius 2 is 1.63 bits per heavy atom. The van der Waals surface area contributed by atoms with Gasteiger partial charge in [-0.15, -0.1) is 17.5 Å². The summed E-state index contributed by atoms with van der Waals surface area (Å²) in [7, 11) is 0. The number of carbonyl (C=O) groups excluding carboxylic acids is 1. The lowest BCUT2D eigenvalue weighted by atomic mass is 9.91. The lowest BCUT2D eigenvalue weighted by Gasteiger charge is -2.33. The van der Waals surface area contributed by atoms with Crippen molar-refractivity contribution in [3.8, 4) is 16.8 Å². The number of carbonyl (C=O) groups is 1. The minimum absolute atomic E-state index is 0. The van der Waals surface area contributed by atoms with Crippen LogP contribution in [0.4, 0.5) is 0 Å². The number of nitrogens with zero attached hydrogens (tertiary/aromatic N) is 4. The molecule has 0 aliphatic carbocycles. The molecule has 7 heteroatoms. The van der Waals surface area contributed by atoms with E-state index < -0.39 is 0 Å². The summed E-state index contributed by atoms with van der Waals surface area (Å²) in [6.45, 7) is 5.39. The Bertz CT molecular complexity index is 977. The molecule has 3 aromatic rings. The van der Waals surface area contributed by atoms with Gasteiger partial charge in [0.05, 0.1) is 11.4 Å². The summed E-state index contributed by atoms with van der Waals surface area (Å²) >= 11 is 0. The SMILES string of the molecule is Cc1c(C(=O)N2CCC(C(C)N)CC2)nnn1-c1ccc(-c2ccccc2)cc1.Cl. The van der Waals surface area contributed by atoms with Gasteiger partial charge in [-0.25, -0.2) is 4.68 Å². The van der Waals surface area contributed by atoms with Crippen LogP contribution in [0, 0.1) is 12.8 Å². The normalized spacial score (nSPS) is 15.5. The van der Waals surface area contributed by atoms with Crippen molar-refractivity contribution in [2.45, 2.75) is 32.7 Å². The quantitative estimate of drug-likeness (QED) is 0.688. The monoisotopic (exact) mass is 425 g/mol. The van der Waals surface area contributed by atoms with Gasteiger partial charge in [-0.1, -0.05) is 47.7 Å². The van der Waals surface area contributed by atoms with Crippen molar-refractivity contribution in [1.82, 2.24) is 19.9 Å². The molecule has 0 spiro atoms. The molecule has 0 radical (unpaired) electrons. The van der Waals surface area contributed by atoms with E-state index in [0.29, 0.717) is 11.6 Å². The van der Waals surface area contributed by atoms with Gasteiger partial charge in [-0.3, -0.25) is 4.79 Å². The molecule has 1 atom stereocenters. The Balaban J connectivity index is 0.00000256. The van der Waals surface area contributed by atoms with Gasteiger partial charge in [0.2, 0.25) is 0 Å². The lowest BCUT2D eigenvalue weighted by molar-refractivity contribution is 0.0674. The van der Waals surface area contributed by atoms with Crippen LogP contribution in [0.15, 0.2) is 54.6 Å². The minimum Gasteiger partial charge on any atom is -0.337 e. The van der Waals surface area contributed by atoms with E-state index in [1.807, 2.05) is 49.1 Å². The number of halogens is 1. The van der Waals surface area contributed by atoms with Crippen LogP contribution in [-0.4, -0.2) is 44.9 Å². The van der Waals surface area contributed by atoms with Gasteiger partial charge in [0.15, 0.2) is 5.69 Å². The number of aromatic nitrogens is 3. The van der Waals surface area contributed by atoms with Gasteiger partial charge < -0.3 is 10.6 Å². The number of nitrogens with two attached hydrogens (primary N) is 1. The first-order chi connectivity index (χ1) is 14.0. The molecule has 1 unspecified atom stereocenters. The minimum atomic E-state index is -0.0437. The maximum atomic E-state index is 13.0. The molecule has 4 rings (SSSR count). The van der Waals surface area contributed by atoms with Crippen molar-refractivity contribution in [3.05, 3.63) is 66.0 Å². The summed E-state index contributed by atoms with van der Waals surface area (Å²) in [6.07, 6.45) is 1.88. The second kappa shape index (κ2) is 9.41. The third-order valence-corrected chi connectivity index (χ3v) is 5.89. The predicted octanol–water partition coefficient (Wildman–Crippen LogP) is 3.86. The lowest BCUT2D eigenvalue weighted by Crippen LogP contribution is -2.42. The summed E-state index contributed by atoms with van der Waals surface area (Å²) in [5.41, 5.74) is 10.4. The number of piperidine rings is 1. The molecule has 1 amide bonds. The first-order valence-electron chi connectivity index (χ1n) is 10.2. The van der Waals surface area contributed by atoms with Crippen molar-refractivity contribution >= 4 is 18.3 Å². The number of likely N-dealkylation sites (tertiary alicyclic amines) is 1. The zero-order chi connectivity index (χ0) is 20.4. The van der Waals surface area contributed by atoms with E-state index >= 15 is 0 Å². The third kappa shape index (κ3) is 4.40. The van der Waals surface area contributed by atoms with Crippen LogP contribution in [-0.2, 0) is 0 Å². The molecule has 1 aliphatic rings. The summed E-state index contributed by atoms with van der Waals surface area (Å²) in [5.74, 6) is 0.441. The van der Waals surface area contributed by atoms with E-state index in [2.05, 4.69) is 34.6 Å². The number of hydrogen-bond acceptors (Lipinski definition) is 4. The average Bonchev–Trinajstić information content (AvgIpc) is 3.15. The maximum absolute atomic E-state index is 13.0. The van der Waals surface area contributed by atoms with Crippen LogP contribution < -0.4 is 5.73 Å². The molecule has 1 fully saturated rings. The number of amides is 1. The first kappa shape index (κ1) is 22.0. The fourth-order valence-electron chi connectivity index (χ4n) is 3.98. The Morgan fingerprint density at radius 1 is 1.03 bits per heavy atom. The van der Waals surface area contributed by atoms with Gasteiger partial charge in [0, 0.05) is 19.1 Å². The van der Waals surface area contributed by atoms with E-state index in [1.54, 1.807) is 4.68 Å². The maximum Gasteiger partial charge on any atom is 0.276 e. The molecule has 158 valence electrons. The summed E-state index contributed by atoms with van der Waals surface area (Å²) in [5, 5.41) is 8.45. The van der Waals surface area contributed by atoms with E-state index in [9.17, 15) is 4.79 Å². The molecule has 2 N–H and O–H groups in total. The van der Waals surface area contributed by atoms with Gasteiger partial charge in [-0.05, 0) is 55.9 Å². The standard InChI is InChI=1S/C23H27N5O.ClH/c1-16(24)18-12-14-27(15-13-18)23(29)22-17(2)28(26-25-22)21-10-8-20(9-11-21)19-6-4-3-5-7-19;/h3-11,16,18H,12-15,24H2,1-2H3;1H. The summed E-state index contributed by atoms with van der Waals surface area (Å²) in [6, 6.07) is 18.5. The van der Waals surface area contributed by atoms with Crippen molar-refractivity contribution in [2.24, 2.45) is 11.7 Å². The Labute approximate surface area is 183 Å². The van der Waals surface area contributed by atoms with E-state index in [0.717, 1.165) is 42.9 Å².